The molecule has 0 amide bonds. The Balaban J connectivity index is 2.68. The lowest BCUT2D eigenvalue weighted by atomic mass is 9.98. The van der Waals surface area contributed by atoms with E-state index in [9.17, 15) is 0 Å². The van der Waals surface area contributed by atoms with Crippen LogP contribution in [0.15, 0.2) is 28.7 Å². The average molecular weight is 300 g/mol. The largest absolute Gasteiger partial charge is 0.384 e. The van der Waals surface area contributed by atoms with E-state index in [2.05, 4.69) is 66.3 Å². The van der Waals surface area contributed by atoms with Crippen molar-refractivity contribution in [2.24, 2.45) is 0 Å². The van der Waals surface area contributed by atoms with Gasteiger partial charge in [0, 0.05) is 29.6 Å². The van der Waals surface area contributed by atoms with Crippen LogP contribution in [0.25, 0.3) is 0 Å². The third kappa shape index (κ3) is 5.66. The van der Waals surface area contributed by atoms with E-state index in [0.29, 0.717) is 5.92 Å². The summed E-state index contributed by atoms with van der Waals surface area (Å²) in [5.41, 5.74) is 1.45. The number of halogens is 1. The predicted octanol–water partition coefficient (Wildman–Crippen LogP) is 3.57. The highest BCUT2D eigenvalue weighted by Crippen LogP contribution is 2.19. The van der Waals surface area contributed by atoms with Crippen LogP contribution in [-0.4, -0.2) is 25.8 Å². The minimum atomic E-state index is 0.140. The maximum Gasteiger partial charge on any atom is 0.0543 e. The van der Waals surface area contributed by atoms with Gasteiger partial charge in [-0.1, -0.05) is 28.1 Å². The minimum absolute atomic E-state index is 0.140. The number of hydrogen-bond donors (Lipinski definition) is 1. The molecule has 1 N–H and O–H groups in total. The molecule has 0 aliphatic heterocycles. The van der Waals surface area contributed by atoms with Crippen LogP contribution in [0.2, 0.25) is 0 Å². The first-order valence-electron chi connectivity index (χ1n) is 5.92. The topological polar surface area (TPSA) is 21.3 Å². The zero-order chi connectivity index (χ0) is 12.9. The highest BCUT2D eigenvalue weighted by Gasteiger charge is 2.15. The van der Waals surface area contributed by atoms with E-state index in [4.69, 9.17) is 4.74 Å². The molecule has 17 heavy (non-hydrogen) atoms. The molecule has 1 aromatic rings. The highest BCUT2D eigenvalue weighted by atomic mass is 79.9. The Kier molecular flexibility index (Phi) is 5.63. The van der Waals surface area contributed by atoms with Gasteiger partial charge in [0.2, 0.25) is 0 Å². The van der Waals surface area contributed by atoms with Gasteiger partial charge in [-0.2, -0.15) is 0 Å². The smallest absolute Gasteiger partial charge is 0.0543 e. The first-order chi connectivity index (χ1) is 7.92. The summed E-state index contributed by atoms with van der Waals surface area (Å²) in [6.07, 6.45) is 0. The summed E-state index contributed by atoms with van der Waals surface area (Å²) >= 11 is 3.46. The van der Waals surface area contributed by atoms with Crippen LogP contribution in [0.4, 0.5) is 0 Å². The van der Waals surface area contributed by atoms with Gasteiger partial charge < -0.3 is 10.1 Å². The summed E-state index contributed by atoms with van der Waals surface area (Å²) in [6.45, 7) is 8.21. The fourth-order valence-electron chi connectivity index (χ4n) is 1.64. The van der Waals surface area contributed by atoms with E-state index in [1.807, 2.05) is 0 Å². The lowest BCUT2D eigenvalue weighted by Crippen LogP contribution is -2.39. The maximum atomic E-state index is 5.30. The molecule has 0 spiro atoms. The van der Waals surface area contributed by atoms with E-state index >= 15 is 0 Å². The lowest BCUT2D eigenvalue weighted by molar-refractivity contribution is 0.174. The van der Waals surface area contributed by atoms with Crippen molar-refractivity contribution in [3.05, 3.63) is 34.3 Å². The molecular weight excluding hydrogens is 278 g/mol. The zero-order valence-corrected chi connectivity index (χ0v) is 12.7. The average Bonchev–Trinajstić information content (AvgIpc) is 2.24. The molecule has 3 heteroatoms. The number of ether oxygens (including phenoxy) is 1. The molecule has 0 aliphatic carbocycles. The third-order valence-electron chi connectivity index (χ3n) is 2.59. The van der Waals surface area contributed by atoms with Gasteiger partial charge in [-0.05, 0) is 38.5 Å². The molecule has 1 unspecified atom stereocenters. The molecule has 1 atom stereocenters. The van der Waals surface area contributed by atoms with E-state index < -0.39 is 0 Å². The minimum Gasteiger partial charge on any atom is -0.384 e. The first kappa shape index (κ1) is 14.7. The first-order valence-corrected chi connectivity index (χ1v) is 6.71. The number of rotatable bonds is 5. The summed E-state index contributed by atoms with van der Waals surface area (Å²) in [5, 5.41) is 3.53. The Hall–Kier alpha value is -0.380. The molecule has 0 heterocycles. The fourth-order valence-corrected chi connectivity index (χ4v) is 1.90. The fraction of sp³-hybridized carbons (Fsp3) is 0.571. The quantitative estimate of drug-likeness (QED) is 0.897. The van der Waals surface area contributed by atoms with Crippen LogP contribution in [-0.2, 0) is 4.74 Å². The highest BCUT2D eigenvalue weighted by molar-refractivity contribution is 9.10. The van der Waals surface area contributed by atoms with Gasteiger partial charge in [0.1, 0.15) is 0 Å². The molecule has 96 valence electrons. The van der Waals surface area contributed by atoms with Crippen molar-refractivity contribution in [1.29, 1.82) is 0 Å². The lowest BCUT2D eigenvalue weighted by Gasteiger charge is -2.25. The molecule has 0 bridgehead atoms. The van der Waals surface area contributed by atoms with Crippen molar-refractivity contribution in [3.8, 4) is 0 Å². The second-order valence-corrected chi connectivity index (χ2v) is 6.25. The number of hydrogen-bond acceptors (Lipinski definition) is 2. The van der Waals surface area contributed by atoms with Gasteiger partial charge in [0.05, 0.1) is 6.61 Å². The number of benzene rings is 1. The van der Waals surface area contributed by atoms with Gasteiger partial charge in [0.25, 0.3) is 0 Å². The monoisotopic (exact) mass is 299 g/mol. The van der Waals surface area contributed by atoms with Gasteiger partial charge in [-0.3, -0.25) is 0 Å². The van der Waals surface area contributed by atoms with E-state index in [-0.39, 0.29) is 5.54 Å². The van der Waals surface area contributed by atoms with Crippen molar-refractivity contribution < 1.29 is 4.74 Å². The van der Waals surface area contributed by atoms with Crippen LogP contribution in [0.5, 0.6) is 0 Å². The molecule has 0 aromatic heterocycles. The zero-order valence-electron chi connectivity index (χ0n) is 11.1. The second kappa shape index (κ2) is 6.53. The Morgan fingerprint density at radius 3 is 2.29 bits per heavy atom. The molecule has 1 rings (SSSR count). The third-order valence-corrected chi connectivity index (χ3v) is 3.12. The normalized spacial score (nSPS) is 13.7. The summed E-state index contributed by atoms with van der Waals surface area (Å²) in [7, 11) is 1.75. The molecule has 1 aromatic carbocycles. The van der Waals surface area contributed by atoms with E-state index in [1.165, 1.54) is 5.56 Å². The van der Waals surface area contributed by atoms with Crippen LogP contribution in [0.3, 0.4) is 0 Å². The van der Waals surface area contributed by atoms with Crippen LogP contribution < -0.4 is 5.32 Å². The number of methoxy groups -OCH3 is 1. The van der Waals surface area contributed by atoms with Crippen molar-refractivity contribution in [1.82, 2.24) is 5.32 Å². The van der Waals surface area contributed by atoms with Gasteiger partial charge in [0.15, 0.2) is 0 Å². The van der Waals surface area contributed by atoms with Crippen molar-refractivity contribution >= 4 is 15.9 Å². The molecule has 0 aliphatic rings. The molecular formula is C14H22BrNO. The molecule has 0 saturated heterocycles. The standard InChI is InChI=1S/C14H22BrNO/c1-14(2,3)16-9-12(10-17-4)11-5-7-13(15)8-6-11/h5-8,12,16H,9-10H2,1-4H3. The summed E-state index contributed by atoms with van der Waals surface area (Å²) in [5.74, 6) is 0.396. The Morgan fingerprint density at radius 2 is 1.82 bits per heavy atom. The summed E-state index contributed by atoms with van der Waals surface area (Å²) < 4.78 is 6.41. The van der Waals surface area contributed by atoms with Gasteiger partial charge in [-0.25, -0.2) is 0 Å². The number of nitrogens with one attached hydrogen (secondary N) is 1. The summed E-state index contributed by atoms with van der Waals surface area (Å²) in [4.78, 5) is 0. The van der Waals surface area contributed by atoms with E-state index in [1.54, 1.807) is 7.11 Å². The van der Waals surface area contributed by atoms with Crippen molar-refractivity contribution in [2.75, 3.05) is 20.3 Å². The van der Waals surface area contributed by atoms with Crippen LogP contribution >= 0.6 is 15.9 Å². The van der Waals surface area contributed by atoms with Crippen molar-refractivity contribution in [2.45, 2.75) is 32.2 Å². The van der Waals surface area contributed by atoms with Gasteiger partial charge >= 0.3 is 0 Å². The molecule has 0 radical (unpaired) electrons. The summed E-state index contributed by atoms with van der Waals surface area (Å²) in [6, 6.07) is 8.46. The van der Waals surface area contributed by atoms with Gasteiger partial charge in [-0.15, -0.1) is 0 Å². The molecule has 2 nitrogen and oxygen atoms in total. The van der Waals surface area contributed by atoms with E-state index in [0.717, 1.165) is 17.6 Å². The Bertz CT molecular complexity index is 329. The Labute approximate surface area is 113 Å². The Morgan fingerprint density at radius 1 is 1.24 bits per heavy atom. The molecule has 0 fully saturated rings. The maximum absolute atomic E-state index is 5.30. The van der Waals surface area contributed by atoms with Crippen molar-refractivity contribution in [3.63, 3.8) is 0 Å². The van der Waals surface area contributed by atoms with Crippen LogP contribution in [0, 0.1) is 0 Å². The van der Waals surface area contributed by atoms with Crippen LogP contribution in [0.1, 0.15) is 32.3 Å². The molecule has 0 saturated carbocycles. The predicted molar refractivity (Wildman–Crippen MR) is 76.5 cm³/mol. The second-order valence-electron chi connectivity index (χ2n) is 5.33. The SMILES string of the molecule is COCC(CNC(C)(C)C)c1ccc(Br)cc1.